The van der Waals surface area contributed by atoms with Gasteiger partial charge < -0.3 is 5.11 Å². The van der Waals surface area contributed by atoms with Crippen molar-refractivity contribution < 1.29 is 14.3 Å². The Morgan fingerprint density at radius 2 is 2.22 bits per heavy atom. The number of nitrogens with zero attached hydrogens (tertiary/aromatic N) is 3. The zero-order valence-corrected chi connectivity index (χ0v) is 10.0. The number of hydrogen-bond donors (Lipinski definition) is 1. The third-order valence-electron chi connectivity index (χ3n) is 2.57. The fourth-order valence-corrected chi connectivity index (χ4v) is 1.71. The number of hydrogen-bond acceptors (Lipinski definition) is 3. The van der Waals surface area contributed by atoms with Gasteiger partial charge in [0.2, 0.25) is 0 Å². The SMILES string of the molecule is CCc1nc(C(=O)O)nn1-c1ccc(F)cc1C. The van der Waals surface area contributed by atoms with Crippen LogP contribution in [0.1, 0.15) is 28.9 Å². The number of benzene rings is 1. The second kappa shape index (κ2) is 4.56. The van der Waals surface area contributed by atoms with E-state index < -0.39 is 5.97 Å². The van der Waals surface area contributed by atoms with Crippen LogP contribution in [0.15, 0.2) is 18.2 Å². The van der Waals surface area contributed by atoms with Gasteiger partial charge in [-0.25, -0.2) is 18.9 Å². The Morgan fingerprint density at radius 3 is 2.78 bits per heavy atom. The minimum absolute atomic E-state index is 0.254. The number of halogens is 1. The lowest BCUT2D eigenvalue weighted by atomic mass is 10.2. The van der Waals surface area contributed by atoms with E-state index in [1.807, 2.05) is 6.92 Å². The topological polar surface area (TPSA) is 68.0 Å². The van der Waals surface area contributed by atoms with E-state index in [-0.39, 0.29) is 11.6 Å². The molecule has 1 heterocycles. The van der Waals surface area contributed by atoms with Crippen molar-refractivity contribution in [2.24, 2.45) is 0 Å². The first-order chi connectivity index (χ1) is 8.52. The van der Waals surface area contributed by atoms with Gasteiger partial charge in [-0.3, -0.25) is 0 Å². The van der Waals surface area contributed by atoms with E-state index in [1.54, 1.807) is 13.0 Å². The summed E-state index contributed by atoms with van der Waals surface area (Å²) in [6.45, 7) is 3.59. The number of carbonyl (C=O) groups is 1. The fourth-order valence-electron chi connectivity index (χ4n) is 1.71. The predicted octanol–water partition coefficient (Wildman–Crippen LogP) is 1.98. The van der Waals surface area contributed by atoms with E-state index in [0.717, 1.165) is 0 Å². The Balaban J connectivity index is 2.58. The number of carboxylic acid groups (broad SMARTS) is 1. The summed E-state index contributed by atoms with van der Waals surface area (Å²) >= 11 is 0. The second-order valence-electron chi connectivity index (χ2n) is 3.85. The molecule has 0 unspecified atom stereocenters. The molecule has 0 saturated heterocycles. The van der Waals surface area contributed by atoms with Crippen molar-refractivity contribution in [2.45, 2.75) is 20.3 Å². The maximum atomic E-state index is 13.0. The van der Waals surface area contributed by atoms with E-state index in [9.17, 15) is 9.18 Å². The van der Waals surface area contributed by atoms with E-state index in [2.05, 4.69) is 10.1 Å². The molecule has 1 N–H and O–H groups in total. The van der Waals surface area contributed by atoms with Gasteiger partial charge in [0.05, 0.1) is 5.69 Å². The number of rotatable bonds is 3. The highest BCUT2D eigenvalue weighted by Gasteiger charge is 2.16. The Labute approximate surface area is 103 Å². The summed E-state index contributed by atoms with van der Waals surface area (Å²) in [5, 5.41) is 12.8. The van der Waals surface area contributed by atoms with Crippen LogP contribution in [0.3, 0.4) is 0 Å². The normalized spacial score (nSPS) is 10.6. The third kappa shape index (κ3) is 2.09. The molecule has 0 fully saturated rings. The Morgan fingerprint density at radius 1 is 1.50 bits per heavy atom. The van der Waals surface area contributed by atoms with Crippen molar-refractivity contribution in [3.05, 3.63) is 41.2 Å². The fraction of sp³-hybridized carbons (Fsp3) is 0.250. The lowest BCUT2D eigenvalue weighted by Crippen LogP contribution is -2.05. The molecule has 5 nitrogen and oxygen atoms in total. The average molecular weight is 249 g/mol. The minimum Gasteiger partial charge on any atom is -0.475 e. The molecular weight excluding hydrogens is 237 g/mol. The first kappa shape index (κ1) is 12.2. The molecule has 0 saturated carbocycles. The molecule has 0 spiro atoms. The molecule has 0 aliphatic rings. The van der Waals surface area contributed by atoms with Crippen LogP contribution in [-0.2, 0) is 6.42 Å². The van der Waals surface area contributed by atoms with Gasteiger partial charge in [-0.2, -0.15) is 0 Å². The number of aryl methyl sites for hydroxylation is 2. The number of aromatic nitrogens is 3. The number of aromatic carboxylic acids is 1. The van der Waals surface area contributed by atoms with E-state index in [0.29, 0.717) is 23.5 Å². The summed E-state index contributed by atoms with van der Waals surface area (Å²) in [6, 6.07) is 4.24. The Hall–Kier alpha value is -2.24. The standard InChI is InChI=1S/C12H12FN3O2/c1-3-10-14-11(12(17)18)15-16(10)9-5-4-8(13)6-7(9)2/h4-6H,3H2,1-2H3,(H,17,18). The van der Waals surface area contributed by atoms with Gasteiger partial charge in [-0.15, -0.1) is 5.10 Å². The quantitative estimate of drug-likeness (QED) is 0.903. The summed E-state index contributed by atoms with van der Waals surface area (Å²) in [6.07, 6.45) is 0.539. The van der Waals surface area contributed by atoms with Gasteiger partial charge in [0.25, 0.3) is 5.82 Å². The van der Waals surface area contributed by atoms with Crippen LogP contribution in [0, 0.1) is 12.7 Å². The van der Waals surface area contributed by atoms with Crippen LogP contribution < -0.4 is 0 Å². The van der Waals surface area contributed by atoms with Gasteiger partial charge in [0, 0.05) is 6.42 Å². The molecule has 0 aliphatic carbocycles. The summed E-state index contributed by atoms with van der Waals surface area (Å²) in [5.74, 6) is -1.24. The smallest absolute Gasteiger partial charge is 0.375 e. The van der Waals surface area contributed by atoms with E-state index in [4.69, 9.17) is 5.11 Å². The molecule has 1 aromatic heterocycles. The minimum atomic E-state index is -1.18. The van der Waals surface area contributed by atoms with Gasteiger partial charge in [0.1, 0.15) is 11.6 Å². The second-order valence-corrected chi connectivity index (χ2v) is 3.85. The lowest BCUT2D eigenvalue weighted by molar-refractivity contribution is 0.0683. The van der Waals surface area contributed by atoms with Gasteiger partial charge in [0.15, 0.2) is 0 Å². The Kier molecular flexibility index (Phi) is 3.10. The van der Waals surface area contributed by atoms with Crippen LogP contribution in [-0.4, -0.2) is 25.8 Å². The van der Waals surface area contributed by atoms with Crippen LogP contribution in [0.5, 0.6) is 0 Å². The van der Waals surface area contributed by atoms with Crippen LogP contribution in [0.2, 0.25) is 0 Å². The number of carboxylic acids is 1. The predicted molar refractivity (Wildman–Crippen MR) is 62.4 cm³/mol. The van der Waals surface area contributed by atoms with Crippen molar-refractivity contribution in [1.29, 1.82) is 0 Å². The van der Waals surface area contributed by atoms with Crippen molar-refractivity contribution in [3.8, 4) is 5.69 Å². The molecule has 0 bridgehead atoms. The van der Waals surface area contributed by atoms with Crippen molar-refractivity contribution >= 4 is 5.97 Å². The Bertz CT molecular complexity index is 607. The molecule has 2 rings (SSSR count). The average Bonchev–Trinajstić information content (AvgIpc) is 2.73. The largest absolute Gasteiger partial charge is 0.475 e. The summed E-state index contributed by atoms with van der Waals surface area (Å²) in [5.41, 5.74) is 1.31. The molecule has 0 aliphatic heterocycles. The van der Waals surface area contributed by atoms with E-state index >= 15 is 0 Å². The molecule has 94 valence electrons. The summed E-state index contributed by atoms with van der Waals surface area (Å²) < 4.78 is 14.5. The molecule has 6 heteroatoms. The first-order valence-corrected chi connectivity index (χ1v) is 5.48. The summed E-state index contributed by atoms with van der Waals surface area (Å²) in [7, 11) is 0. The van der Waals surface area contributed by atoms with Gasteiger partial charge >= 0.3 is 5.97 Å². The zero-order chi connectivity index (χ0) is 13.3. The summed E-state index contributed by atoms with van der Waals surface area (Å²) in [4.78, 5) is 14.8. The monoisotopic (exact) mass is 249 g/mol. The molecular formula is C12H12FN3O2. The molecule has 0 radical (unpaired) electrons. The molecule has 2 aromatic rings. The van der Waals surface area contributed by atoms with Crippen LogP contribution in [0.4, 0.5) is 4.39 Å². The molecule has 1 aromatic carbocycles. The van der Waals surface area contributed by atoms with Gasteiger partial charge in [-0.1, -0.05) is 6.92 Å². The molecule has 0 atom stereocenters. The van der Waals surface area contributed by atoms with E-state index in [1.165, 1.54) is 16.8 Å². The zero-order valence-electron chi connectivity index (χ0n) is 10.0. The first-order valence-electron chi connectivity index (χ1n) is 5.48. The highest BCUT2D eigenvalue weighted by atomic mass is 19.1. The lowest BCUT2D eigenvalue weighted by Gasteiger charge is -2.07. The van der Waals surface area contributed by atoms with Crippen molar-refractivity contribution in [3.63, 3.8) is 0 Å². The van der Waals surface area contributed by atoms with Crippen LogP contribution >= 0.6 is 0 Å². The highest BCUT2D eigenvalue weighted by Crippen LogP contribution is 2.16. The van der Waals surface area contributed by atoms with Crippen molar-refractivity contribution in [2.75, 3.05) is 0 Å². The highest BCUT2D eigenvalue weighted by molar-refractivity contribution is 5.83. The maximum absolute atomic E-state index is 13.0. The molecule has 18 heavy (non-hydrogen) atoms. The van der Waals surface area contributed by atoms with Gasteiger partial charge in [-0.05, 0) is 30.7 Å². The third-order valence-corrected chi connectivity index (χ3v) is 2.57. The maximum Gasteiger partial charge on any atom is 0.375 e. The molecule has 0 amide bonds. The van der Waals surface area contributed by atoms with Crippen LogP contribution in [0.25, 0.3) is 5.69 Å². The van der Waals surface area contributed by atoms with Crippen molar-refractivity contribution in [1.82, 2.24) is 14.8 Å².